The topological polar surface area (TPSA) is 94.5 Å². The quantitative estimate of drug-likeness (QED) is 0.701. The molecule has 2 N–H and O–H groups in total. The van der Waals surface area contributed by atoms with E-state index in [0.717, 1.165) is 37.1 Å². The van der Waals surface area contributed by atoms with Crippen molar-refractivity contribution < 1.29 is 4.79 Å². The average Bonchev–Trinajstić information content (AvgIpc) is 3.21. The molecule has 1 unspecified atom stereocenters. The summed E-state index contributed by atoms with van der Waals surface area (Å²) in [6.07, 6.45) is 4.16. The third-order valence-corrected chi connectivity index (χ3v) is 7.57. The Kier molecular flexibility index (Phi) is 5.92. The first-order valence-electron chi connectivity index (χ1n) is 9.20. The first-order chi connectivity index (χ1) is 12.8. The first kappa shape index (κ1) is 19.9. The number of nitrogens with zero attached hydrogens (tertiary/aromatic N) is 3. The van der Waals surface area contributed by atoms with Crippen molar-refractivity contribution in [1.29, 1.82) is 5.26 Å². The monoisotopic (exact) mass is 403 g/mol. The summed E-state index contributed by atoms with van der Waals surface area (Å²) < 4.78 is 0. The third-order valence-electron chi connectivity index (χ3n) is 5.56. The number of thioether (sulfide) groups is 1. The van der Waals surface area contributed by atoms with Crippen LogP contribution in [0.1, 0.15) is 55.4 Å². The number of amides is 1. The molecule has 3 rings (SSSR count). The molecule has 2 heterocycles. The van der Waals surface area contributed by atoms with Gasteiger partial charge in [-0.15, -0.1) is 16.4 Å². The van der Waals surface area contributed by atoms with E-state index < -0.39 is 0 Å². The molecule has 0 radical (unpaired) electrons. The summed E-state index contributed by atoms with van der Waals surface area (Å²) in [5, 5.41) is 20.6. The highest BCUT2D eigenvalue weighted by Crippen LogP contribution is 2.45. The molecule has 0 saturated heterocycles. The molecule has 2 aromatic heterocycles. The van der Waals surface area contributed by atoms with E-state index in [2.05, 4.69) is 47.3 Å². The number of rotatable bonds is 6. The summed E-state index contributed by atoms with van der Waals surface area (Å²) >= 11 is 2.85. The Bertz CT molecular complexity index is 877. The van der Waals surface area contributed by atoms with Crippen LogP contribution in [0.2, 0.25) is 0 Å². The standard InChI is InChI=1S/C19H25N5OS2/c1-5-19(3,4)12-6-7-13-14(9-20)17(27-15(13)8-12)22-16(25)10-26-18-21-11(2)23-24-18/h12H,5-8,10H2,1-4H3,(H,22,25)(H,21,23,24). The molecular weight excluding hydrogens is 378 g/mol. The predicted molar refractivity (Wildman–Crippen MR) is 109 cm³/mol. The van der Waals surface area contributed by atoms with Crippen molar-refractivity contribution in [3.05, 3.63) is 21.8 Å². The minimum absolute atomic E-state index is 0.136. The van der Waals surface area contributed by atoms with Crippen LogP contribution in [0.15, 0.2) is 5.16 Å². The fourth-order valence-electron chi connectivity index (χ4n) is 3.43. The molecule has 27 heavy (non-hydrogen) atoms. The second kappa shape index (κ2) is 8.03. The second-order valence-corrected chi connectivity index (χ2v) is 9.69. The van der Waals surface area contributed by atoms with Crippen molar-refractivity contribution in [2.45, 2.75) is 58.5 Å². The van der Waals surface area contributed by atoms with Gasteiger partial charge in [0.1, 0.15) is 16.9 Å². The molecule has 0 aromatic carbocycles. The highest BCUT2D eigenvalue weighted by atomic mass is 32.2. The molecule has 0 aliphatic heterocycles. The summed E-state index contributed by atoms with van der Waals surface area (Å²) in [4.78, 5) is 17.8. The van der Waals surface area contributed by atoms with E-state index in [1.54, 1.807) is 11.3 Å². The Hall–Kier alpha value is -1.85. The SMILES string of the molecule is CCC(C)(C)C1CCc2c(sc(NC(=O)CSc3n[nH]c(C)n3)c2C#N)C1. The zero-order chi connectivity index (χ0) is 19.6. The van der Waals surface area contributed by atoms with Crippen LogP contribution in [0.4, 0.5) is 5.00 Å². The fraction of sp³-hybridized carbons (Fsp3) is 0.579. The van der Waals surface area contributed by atoms with Crippen molar-refractivity contribution in [3.8, 4) is 6.07 Å². The van der Waals surface area contributed by atoms with Gasteiger partial charge >= 0.3 is 0 Å². The molecule has 8 heteroatoms. The molecule has 2 aromatic rings. The van der Waals surface area contributed by atoms with Gasteiger partial charge in [0.15, 0.2) is 0 Å². The van der Waals surface area contributed by atoms with Crippen molar-refractivity contribution in [2.75, 3.05) is 11.1 Å². The maximum Gasteiger partial charge on any atom is 0.235 e. The number of hydrogen-bond acceptors (Lipinski definition) is 6. The van der Waals surface area contributed by atoms with Gasteiger partial charge in [-0.25, -0.2) is 4.98 Å². The molecule has 0 fully saturated rings. The summed E-state index contributed by atoms with van der Waals surface area (Å²) in [6.45, 7) is 8.71. The van der Waals surface area contributed by atoms with E-state index in [1.807, 2.05) is 6.92 Å². The maximum absolute atomic E-state index is 12.3. The van der Waals surface area contributed by atoms with Crippen LogP contribution >= 0.6 is 23.1 Å². The Morgan fingerprint density at radius 3 is 2.93 bits per heavy atom. The van der Waals surface area contributed by atoms with Gasteiger partial charge in [0.2, 0.25) is 11.1 Å². The molecule has 0 saturated carbocycles. The van der Waals surface area contributed by atoms with Gasteiger partial charge in [0.05, 0.1) is 11.3 Å². The van der Waals surface area contributed by atoms with E-state index in [9.17, 15) is 10.1 Å². The molecule has 6 nitrogen and oxygen atoms in total. The number of carbonyl (C=O) groups is 1. The predicted octanol–water partition coefficient (Wildman–Crippen LogP) is 4.32. The Labute approximate surface area is 168 Å². The number of nitriles is 1. The highest BCUT2D eigenvalue weighted by Gasteiger charge is 2.34. The number of aromatic nitrogens is 3. The number of carbonyl (C=O) groups excluding carboxylic acids is 1. The largest absolute Gasteiger partial charge is 0.316 e. The molecule has 144 valence electrons. The lowest BCUT2D eigenvalue weighted by atomic mass is 9.69. The van der Waals surface area contributed by atoms with Crippen molar-refractivity contribution in [3.63, 3.8) is 0 Å². The van der Waals surface area contributed by atoms with Gasteiger partial charge in [0, 0.05) is 4.88 Å². The lowest BCUT2D eigenvalue weighted by molar-refractivity contribution is -0.113. The average molecular weight is 404 g/mol. The third kappa shape index (κ3) is 4.36. The van der Waals surface area contributed by atoms with Crippen LogP contribution in [0.5, 0.6) is 0 Å². The molecular formula is C19H25N5OS2. The maximum atomic E-state index is 12.3. The molecule has 0 bridgehead atoms. The number of hydrogen-bond donors (Lipinski definition) is 2. The van der Waals surface area contributed by atoms with Gasteiger partial charge in [-0.05, 0) is 43.1 Å². The van der Waals surface area contributed by atoms with Gasteiger partial charge < -0.3 is 5.32 Å². The number of aryl methyl sites for hydroxylation is 1. The van der Waals surface area contributed by atoms with Crippen molar-refractivity contribution in [1.82, 2.24) is 15.2 Å². The number of fused-ring (bicyclic) bond motifs is 1. The van der Waals surface area contributed by atoms with E-state index >= 15 is 0 Å². The number of anilines is 1. The molecule has 1 atom stereocenters. The van der Waals surface area contributed by atoms with Crippen molar-refractivity contribution >= 4 is 34.0 Å². The van der Waals surface area contributed by atoms with E-state index in [0.29, 0.717) is 27.1 Å². The minimum atomic E-state index is -0.136. The van der Waals surface area contributed by atoms with Gasteiger partial charge in [-0.2, -0.15) is 5.26 Å². The van der Waals surface area contributed by atoms with Crippen molar-refractivity contribution in [2.24, 2.45) is 11.3 Å². The smallest absolute Gasteiger partial charge is 0.235 e. The molecule has 1 aliphatic carbocycles. The number of H-pyrrole nitrogens is 1. The summed E-state index contributed by atoms with van der Waals surface area (Å²) in [5.74, 6) is 1.42. The minimum Gasteiger partial charge on any atom is -0.316 e. The number of nitrogens with one attached hydrogen (secondary N) is 2. The highest BCUT2D eigenvalue weighted by molar-refractivity contribution is 7.99. The van der Waals surface area contributed by atoms with E-state index in [1.165, 1.54) is 16.6 Å². The van der Waals surface area contributed by atoms with E-state index in [4.69, 9.17) is 0 Å². The lowest BCUT2D eigenvalue weighted by Gasteiger charge is -2.36. The molecule has 0 spiro atoms. The summed E-state index contributed by atoms with van der Waals surface area (Å²) in [6, 6.07) is 2.31. The van der Waals surface area contributed by atoms with Crippen LogP contribution in [0.25, 0.3) is 0 Å². The van der Waals surface area contributed by atoms with Crippen LogP contribution in [0, 0.1) is 29.6 Å². The zero-order valence-corrected chi connectivity index (χ0v) is 17.8. The van der Waals surface area contributed by atoms with Gasteiger partial charge in [-0.1, -0.05) is 39.0 Å². The summed E-state index contributed by atoms with van der Waals surface area (Å²) in [7, 11) is 0. The lowest BCUT2D eigenvalue weighted by Crippen LogP contribution is -2.28. The zero-order valence-electron chi connectivity index (χ0n) is 16.2. The van der Waals surface area contributed by atoms with Crippen LogP contribution in [0.3, 0.4) is 0 Å². The normalized spacial score (nSPS) is 16.6. The molecule has 1 aliphatic rings. The second-order valence-electron chi connectivity index (χ2n) is 7.64. The van der Waals surface area contributed by atoms with Crippen LogP contribution in [-0.2, 0) is 17.6 Å². The number of thiophene rings is 1. The van der Waals surface area contributed by atoms with Crippen LogP contribution in [-0.4, -0.2) is 26.8 Å². The number of aromatic amines is 1. The molecule has 1 amide bonds. The Morgan fingerprint density at radius 1 is 1.52 bits per heavy atom. The van der Waals surface area contributed by atoms with E-state index in [-0.39, 0.29) is 11.7 Å². The Morgan fingerprint density at radius 2 is 2.30 bits per heavy atom. The first-order valence-corrected chi connectivity index (χ1v) is 11.0. The Balaban J connectivity index is 1.70. The van der Waals surface area contributed by atoms with Gasteiger partial charge in [-0.3, -0.25) is 9.89 Å². The van der Waals surface area contributed by atoms with Crippen LogP contribution < -0.4 is 5.32 Å². The summed E-state index contributed by atoms with van der Waals surface area (Å²) in [5.41, 5.74) is 2.08. The van der Waals surface area contributed by atoms with Gasteiger partial charge in [0.25, 0.3) is 0 Å². The fourth-order valence-corrected chi connectivity index (χ4v) is 5.37.